The van der Waals surface area contributed by atoms with Gasteiger partial charge in [-0.25, -0.2) is 8.42 Å². The van der Waals surface area contributed by atoms with Gasteiger partial charge in [0.25, 0.3) is 5.91 Å². The Labute approximate surface area is 130 Å². The summed E-state index contributed by atoms with van der Waals surface area (Å²) in [6, 6.07) is 6.92. The number of ether oxygens (including phenoxy) is 2. The molecule has 0 radical (unpaired) electrons. The van der Waals surface area contributed by atoms with Crippen molar-refractivity contribution in [1.29, 1.82) is 0 Å². The van der Waals surface area contributed by atoms with Crippen LogP contribution in [0.25, 0.3) is 0 Å². The molecule has 0 spiro atoms. The molecule has 122 valence electrons. The van der Waals surface area contributed by atoms with Gasteiger partial charge >= 0.3 is 0 Å². The van der Waals surface area contributed by atoms with E-state index in [-0.39, 0.29) is 24.0 Å². The summed E-state index contributed by atoms with van der Waals surface area (Å²) < 4.78 is 33.8. The van der Waals surface area contributed by atoms with Crippen LogP contribution in [0.4, 0.5) is 0 Å². The number of likely N-dealkylation sites (N-methyl/N-ethyl adjacent to an activating group) is 1. The zero-order chi connectivity index (χ0) is 16.4. The number of methoxy groups -OCH3 is 1. The van der Waals surface area contributed by atoms with Crippen molar-refractivity contribution in [2.45, 2.75) is 18.9 Å². The lowest BCUT2D eigenvalue weighted by molar-refractivity contribution is -0.136. The van der Waals surface area contributed by atoms with E-state index in [1.54, 1.807) is 45.3 Å². The largest absolute Gasteiger partial charge is 0.497 e. The van der Waals surface area contributed by atoms with Crippen molar-refractivity contribution in [3.63, 3.8) is 0 Å². The van der Waals surface area contributed by atoms with E-state index in [9.17, 15) is 13.2 Å². The molecule has 0 aliphatic carbocycles. The van der Waals surface area contributed by atoms with E-state index in [1.165, 1.54) is 4.90 Å². The molecule has 1 unspecified atom stereocenters. The van der Waals surface area contributed by atoms with E-state index >= 15 is 0 Å². The highest BCUT2D eigenvalue weighted by atomic mass is 32.2. The van der Waals surface area contributed by atoms with Crippen LogP contribution in [0.2, 0.25) is 0 Å². The van der Waals surface area contributed by atoms with Gasteiger partial charge in [-0.05, 0) is 37.6 Å². The van der Waals surface area contributed by atoms with E-state index in [4.69, 9.17) is 9.47 Å². The van der Waals surface area contributed by atoms with Gasteiger partial charge in [0.05, 0.1) is 24.2 Å². The molecule has 1 aliphatic rings. The maximum atomic E-state index is 12.2. The zero-order valence-corrected chi connectivity index (χ0v) is 13.9. The Morgan fingerprint density at radius 1 is 1.27 bits per heavy atom. The molecule has 1 amide bonds. The molecule has 0 N–H and O–H groups in total. The lowest BCUT2D eigenvalue weighted by atomic mass is 10.00. The third kappa shape index (κ3) is 3.71. The SMILES string of the molecule is COc1ccc(OCC(=O)N(C)C2(C)CCS(=O)(=O)C2)cc1. The molecule has 0 aromatic heterocycles. The molecule has 6 nitrogen and oxygen atoms in total. The van der Waals surface area contributed by atoms with E-state index in [1.807, 2.05) is 0 Å². The van der Waals surface area contributed by atoms with Gasteiger partial charge in [-0.3, -0.25) is 4.79 Å². The Hall–Kier alpha value is -1.76. The van der Waals surface area contributed by atoms with Crippen LogP contribution in [0.1, 0.15) is 13.3 Å². The molecule has 1 aromatic rings. The van der Waals surface area contributed by atoms with Crippen molar-refractivity contribution in [1.82, 2.24) is 4.90 Å². The van der Waals surface area contributed by atoms with Crippen LogP contribution in [-0.4, -0.2) is 57.0 Å². The Morgan fingerprint density at radius 2 is 1.86 bits per heavy atom. The van der Waals surface area contributed by atoms with Crippen LogP contribution in [0.5, 0.6) is 11.5 Å². The van der Waals surface area contributed by atoms with Gasteiger partial charge in [-0.15, -0.1) is 0 Å². The average Bonchev–Trinajstić information content (AvgIpc) is 2.79. The van der Waals surface area contributed by atoms with Crippen molar-refractivity contribution < 1.29 is 22.7 Å². The summed E-state index contributed by atoms with van der Waals surface area (Å²) in [5, 5.41) is 0. The number of carbonyl (C=O) groups excluding carboxylic acids is 1. The van der Waals surface area contributed by atoms with Crippen molar-refractivity contribution in [2.75, 3.05) is 32.3 Å². The van der Waals surface area contributed by atoms with Gasteiger partial charge in [-0.2, -0.15) is 0 Å². The van der Waals surface area contributed by atoms with Crippen LogP contribution in [0.15, 0.2) is 24.3 Å². The van der Waals surface area contributed by atoms with Crippen LogP contribution >= 0.6 is 0 Å². The summed E-state index contributed by atoms with van der Waals surface area (Å²) >= 11 is 0. The number of hydrogen-bond donors (Lipinski definition) is 0. The molecule has 1 fully saturated rings. The van der Waals surface area contributed by atoms with Crippen LogP contribution in [0, 0.1) is 0 Å². The first-order valence-corrected chi connectivity index (χ1v) is 8.82. The summed E-state index contributed by atoms with van der Waals surface area (Å²) in [5.41, 5.74) is -0.654. The molecule has 22 heavy (non-hydrogen) atoms. The fourth-order valence-electron chi connectivity index (χ4n) is 2.47. The summed E-state index contributed by atoms with van der Waals surface area (Å²) in [4.78, 5) is 13.7. The highest BCUT2D eigenvalue weighted by Gasteiger charge is 2.43. The molecule has 1 aromatic carbocycles. The Morgan fingerprint density at radius 3 is 2.36 bits per heavy atom. The summed E-state index contributed by atoms with van der Waals surface area (Å²) in [6.07, 6.45) is 0.458. The first-order valence-electron chi connectivity index (χ1n) is 7.00. The van der Waals surface area contributed by atoms with Crippen molar-refractivity contribution in [2.24, 2.45) is 0 Å². The lowest BCUT2D eigenvalue weighted by Gasteiger charge is -2.34. The smallest absolute Gasteiger partial charge is 0.260 e. The fourth-order valence-corrected chi connectivity index (χ4v) is 4.65. The zero-order valence-electron chi connectivity index (χ0n) is 13.0. The van der Waals surface area contributed by atoms with E-state index in [2.05, 4.69) is 0 Å². The van der Waals surface area contributed by atoms with Gasteiger partial charge in [-0.1, -0.05) is 0 Å². The van der Waals surface area contributed by atoms with Crippen molar-refractivity contribution >= 4 is 15.7 Å². The maximum absolute atomic E-state index is 12.2. The normalized spacial score (nSPS) is 23.0. The highest BCUT2D eigenvalue weighted by Crippen LogP contribution is 2.28. The van der Waals surface area contributed by atoms with Gasteiger partial charge in [0.15, 0.2) is 16.4 Å². The third-order valence-electron chi connectivity index (χ3n) is 4.09. The second-order valence-electron chi connectivity index (χ2n) is 5.76. The summed E-state index contributed by atoms with van der Waals surface area (Å²) in [7, 11) is 0.144. The second-order valence-corrected chi connectivity index (χ2v) is 7.94. The summed E-state index contributed by atoms with van der Waals surface area (Å²) in [6.45, 7) is 1.67. The van der Waals surface area contributed by atoms with E-state index < -0.39 is 15.4 Å². The van der Waals surface area contributed by atoms with Crippen molar-refractivity contribution in [3.8, 4) is 11.5 Å². The molecule has 2 rings (SSSR count). The Bertz CT molecular complexity index is 640. The number of amides is 1. The number of carbonyl (C=O) groups is 1. The average molecular weight is 327 g/mol. The molecule has 1 saturated heterocycles. The first kappa shape index (κ1) is 16.6. The minimum atomic E-state index is -3.06. The van der Waals surface area contributed by atoms with Gasteiger partial charge in [0, 0.05) is 7.05 Å². The van der Waals surface area contributed by atoms with Crippen LogP contribution in [-0.2, 0) is 14.6 Å². The molecular weight excluding hydrogens is 306 g/mol. The predicted octanol–water partition coefficient (Wildman–Crippen LogP) is 1.11. The van der Waals surface area contributed by atoms with Gasteiger partial charge in [0.1, 0.15) is 11.5 Å². The molecule has 0 bridgehead atoms. The Kier molecular flexibility index (Phi) is 4.65. The summed E-state index contributed by atoms with van der Waals surface area (Å²) in [5.74, 6) is 1.16. The Balaban J connectivity index is 1.94. The topological polar surface area (TPSA) is 72.9 Å². The monoisotopic (exact) mass is 327 g/mol. The number of hydrogen-bond acceptors (Lipinski definition) is 5. The van der Waals surface area contributed by atoms with Crippen LogP contribution < -0.4 is 9.47 Å². The first-order chi connectivity index (χ1) is 10.3. The molecular formula is C15H21NO5S. The quantitative estimate of drug-likeness (QED) is 0.810. The number of nitrogens with zero attached hydrogens (tertiary/aromatic N) is 1. The predicted molar refractivity (Wildman–Crippen MR) is 82.9 cm³/mol. The third-order valence-corrected chi connectivity index (χ3v) is 5.98. The highest BCUT2D eigenvalue weighted by molar-refractivity contribution is 7.91. The number of sulfone groups is 1. The van der Waals surface area contributed by atoms with Crippen LogP contribution in [0.3, 0.4) is 0 Å². The fraction of sp³-hybridized carbons (Fsp3) is 0.533. The number of rotatable bonds is 5. The van der Waals surface area contributed by atoms with E-state index in [0.29, 0.717) is 17.9 Å². The van der Waals surface area contributed by atoms with Crippen molar-refractivity contribution in [3.05, 3.63) is 24.3 Å². The van der Waals surface area contributed by atoms with Gasteiger partial charge < -0.3 is 14.4 Å². The maximum Gasteiger partial charge on any atom is 0.260 e. The molecule has 1 aliphatic heterocycles. The molecule has 7 heteroatoms. The molecule has 1 atom stereocenters. The minimum Gasteiger partial charge on any atom is -0.497 e. The number of benzene rings is 1. The molecule has 0 saturated carbocycles. The second kappa shape index (κ2) is 6.16. The minimum absolute atomic E-state index is 0.00474. The van der Waals surface area contributed by atoms with E-state index in [0.717, 1.165) is 0 Å². The lowest BCUT2D eigenvalue weighted by Crippen LogP contribution is -2.49. The standard InChI is InChI=1S/C15H21NO5S/c1-15(8-9-22(18,19)11-15)16(2)14(17)10-21-13-6-4-12(20-3)5-7-13/h4-7H,8-11H2,1-3H3. The molecule has 1 heterocycles. The van der Waals surface area contributed by atoms with Gasteiger partial charge in [0.2, 0.25) is 0 Å².